The van der Waals surface area contributed by atoms with E-state index >= 15 is 0 Å². The minimum atomic E-state index is -0.184. The largest absolute Gasteiger partial charge is 0.394 e. The Bertz CT molecular complexity index is 391. The minimum absolute atomic E-state index is 0.172. The molecule has 1 heterocycles. The number of nitrogens with one attached hydrogen (secondary N) is 1. The maximum absolute atomic E-state index is 9.55. The highest BCUT2D eigenvalue weighted by molar-refractivity contribution is 4.93. The Morgan fingerprint density at radius 1 is 1.25 bits per heavy atom. The zero-order chi connectivity index (χ0) is 15.0. The molecule has 1 aromatic heterocycles. The maximum atomic E-state index is 9.55. The second-order valence-corrected chi connectivity index (χ2v) is 5.62. The van der Waals surface area contributed by atoms with Gasteiger partial charge in [-0.05, 0) is 32.7 Å². The van der Waals surface area contributed by atoms with Crippen molar-refractivity contribution in [2.45, 2.75) is 71.9 Å². The Morgan fingerprint density at radius 2 is 2.00 bits per heavy atom. The molecule has 0 bridgehead atoms. The van der Waals surface area contributed by atoms with Gasteiger partial charge in [0.2, 0.25) is 0 Å². The van der Waals surface area contributed by atoms with Crippen LogP contribution in [0.1, 0.15) is 58.6 Å². The molecule has 0 spiro atoms. The lowest BCUT2D eigenvalue weighted by Crippen LogP contribution is -2.46. The summed E-state index contributed by atoms with van der Waals surface area (Å²) in [5.74, 6) is 1.99. The van der Waals surface area contributed by atoms with Crippen LogP contribution in [-0.2, 0) is 19.4 Å². The van der Waals surface area contributed by atoms with Crippen LogP contribution in [0.3, 0.4) is 0 Å². The van der Waals surface area contributed by atoms with Gasteiger partial charge in [-0.3, -0.25) is 0 Å². The summed E-state index contributed by atoms with van der Waals surface area (Å²) in [5, 5.41) is 17.5. The minimum Gasteiger partial charge on any atom is -0.394 e. The van der Waals surface area contributed by atoms with Crippen LogP contribution in [0.2, 0.25) is 0 Å². The molecule has 0 aromatic carbocycles. The number of aliphatic hydroxyl groups excluding tert-OH is 1. The molecule has 0 aliphatic heterocycles. The zero-order valence-electron chi connectivity index (χ0n) is 13.4. The van der Waals surface area contributed by atoms with E-state index in [9.17, 15) is 5.11 Å². The molecule has 0 aliphatic carbocycles. The van der Waals surface area contributed by atoms with Crippen LogP contribution in [0.25, 0.3) is 0 Å². The van der Waals surface area contributed by atoms with Crippen molar-refractivity contribution in [2.75, 3.05) is 13.2 Å². The molecular weight excluding hydrogens is 252 g/mol. The van der Waals surface area contributed by atoms with E-state index in [1.807, 2.05) is 4.68 Å². The fourth-order valence-electron chi connectivity index (χ4n) is 2.29. The molecular formula is C15H30N4O. The van der Waals surface area contributed by atoms with Crippen molar-refractivity contribution >= 4 is 0 Å². The maximum Gasteiger partial charge on any atom is 0.150 e. The molecule has 0 amide bonds. The van der Waals surface area contributed by atoms with Crippen molar-refractivity contribution in [1.29, 1.82) is 0 Å². The lowest BCUT2D eigenvalue weighted by molar-refractivity contribution is 0.161. The number of nitrogens with zero attached hydrogens (tertiary/aromatic N) is 3. The van der Waals surface area contributed by atoms with Gasteiger partial charge < -0.3 is 10.4 Å². The first kappa shape index (κ1) is 17.1. The van der Waals surface area contributed by atoms with E-state index in [-0.39, 0.29) is 12.1 Å². The predicted octanol–water partition coefficient (Wildman–Crippen LogP) is 1.93. The molecule has 0 aliphatic rings. The molecule has 1 rings (SSSR count). The van der Waals surface area contributed by atoms with Crippen LogP contribution < -0.4 is 5.32 Å². The molecule has 0 fully saturated rings. The molecule has 5 heteroatoms. The monoisotopic (exact) mass is 282 g/mol. The standard InChI is InChI=1S/C15H30N4O/c1-5-10-16-15(4,12-20)9-8-11-19-14(7-3)17-13(6-2)18-19/h16,20H,5-12H2,1-4H3. The first-order valence-corrected chi connectivity index (χ1v) is 7.87. The van der Waals surface area contributed by atoms with Crippen molar-refractivity contribution in [3.05, 3.63) is 11.6 Å². The van der Waals surface area contributed by atoms with Gasteiger partial charge in [0.05, 0.1) is 6.61 Å². The van der Waals surface area contributed by atoms with Crippen LogP contribution in [0.5, 0.6) is 0 Å². The molecule has 0 radical (unpaired) electrons. The molecule has 1 atom stereocenters. The van der Waals surface area contributed by atoms with Crippen molar-refractivity contribution < 1.29 is 5.11 Å². The number of hydrogen-bond acceptors (Lipinski definition) is 4. The number of hydrogen-bond donors (Lipinski definition) is 2. The van der Waals surface area contributed by atoms with E-state index in [1.165, 1.54) is 0 Å². The third-order valence-electron chi connectivity index (χ3n) is 3.67. The second-order valence-electron chi connectivity index (χ2n) is 5.62. The molecule has 116 valence electrons. The van der Waals surface area contributed by atoms with Crippen molar-refractivity contribution in [3.8, 4) is 0 Å². The van der Waals surface area contributed by atoms with E-state index < -0.39 is 0 Å². The van der Waals surface area contributed by atoms with Crippen LogP contribution >= 0.6 is 0 Å². The zero-order valence-corrected chi connectivity index (χ0v) is 13.4. The Morgan fingerprint density at radius 3 is 2.55 bits per heavy atom. The average Bonchev–Trinajstić information content (AvgIpc) is 2.87. The van der Waals surface area contributed by atoms with E-state index in [0.717, 1.165) is 56.8 Å². The molecule has 20 heavy (non-hydrogen) atoms. The second kappa shape index (κ2) is 8.37. The number of rotatable bonds is 10. The fraction of sp³-hybridized carbons (Fsp3) is 0.867. The van der Waals surface area contributed by atoms with Crippen molar-refractivity contribution in [2.24, 2.45) is 0 Å². The Kier molecular flexibility index (Phi) is 7.16. The van der Waals surface area contributed by atoms with Crippen LogP contribution in [-0.4, -0.2) is 38.6 Å². The summed E-state index contributed by atoms with van der Waals surface area (Å²) in [6.45, 7) is 10.4. The van der Waals surface area contributed by atoms with Gasteiger partial charge in [-0.25, -0.2) is 9.67 Å². The highest BCUT2D eigenvalue weighted by Crippen LogP contribution is 2.13. The topological polar surface area (TPSA) is 63.0 Å². The quantitative estimate of drug-likeness (QED) is 0.688. The summed E-state index contributed by atoms with van der Waals surface area (Å²) in [7, 11) is 0. The highest BCUT2D eigenvalue weighted by Gasteiger charge is 2.21. The Balaban J connectivity index is 2.52. The number of aromatic nitrogens is 3. The van der Waals surface area contributed by atoms with Gasteiger partial charge >= 0.3 is 0 Å². The molecule has 5 nitrogen and oxygen atoms in total. The summed E-state index contributed by atoms with van der Waals surface area (Å²) in [6, 6.07) is 0. The predicted molar refractivity (Wildman–Crippen MR) is 81.8 cm³/mol. The van der Waals surface area contributed by atoms with Gasteiger partial charge in [-0.1, -0.05) is 20.8 Å². The Hall–Kier alpha value is -0.940. The fourth-order valence-corrected chi connectivity index (χ4v) is 2.29. The number of aryl methyl sites for hydroxylation is 3. The molecule has 0 saturated heterocycles. The van der Waals surface area contributed by atoms with E-state index in [2.05, 4.69) is 43.1 Å². The van der Waals surface area contributed by atoms with Gasteiger partial charge in [0, 0.05) is 24.9 Å². The molecule has 2 N–H and O–H groups in total. The van der Waals surface area contributed by atoms with Gasteiger partial charge in [0.25, 0.3) is 0 Å². The third kappa shape index (κ3) is 4.87. The first-order valence-electron chi connectivity index (χ1n) is 7.87. The van der Waals surface area contributed by atoms with Crippen LogP contribution in [0, 0.1) is 0 Å². The van der Waals surface area contributed by atoms with Crippen LogP contribution in [0.4, 0.5) is 0 Å². The summed E-state index contributed by atoms with van der Waals surface area (Å²) >= 11 is 0. The average molecular weight is 282 g/mol. The van der Waals surface area contributed by atoms with Gasteiger partial charge in [0.1, 0.15) is 5.82 Å². The highest BCUT2D eigenvalue weighted by atomic mass is 16.3. The lowest BCUT2D eigenvalue weighted by atomic mass is 9.96. The van der Waals surface area contributed by atoms with Gasteiger partial charge in [-0.2, -0.15) is 5.10 Å². The smallest absolute Gasteiger partial charge is 0.150 e. The van der Waals surface area contributed by atoms with E-state index in [0.29, 0.717) is 0 Å². The lowest BCUT2D eigenvalue weighted by Gasteiger charge is -2.28. The van der Waals surface area contributed by atoms with Crippen LogP contribution in [0.15, 0.2) is 0 Å². The summed E-state index contributed by atoms with van der Waals surface area (Å²) in [5.41, 5.74) is -0.184. The molecule has 1 aromatic rings. The summed E-state index contributed by atoms with van der Waals surface area (Å²) < 4.78 is 2.02. The summed E-state index contributed by atoms with van der Waals surface area (Å²) in [4.78, 5) is 4.52. The van der Waals surface area contributed by atoms with E-state index in [1.54, 1.807) is 0 Å². The van der Waals surface area contributed by atoms with Crippen molar-refractivity contribution in [1.82, 2.24) is 20.1 Å². The SMILES string of the molecule is CCCNC(C)(CO)CCCn1nc(CC)nc1CC. The molecule has 0 saturated carbocycles. The normalized spacial score (nSPS) is 14.4. The third-order valence-corrected chi connectivity index (χ3v) is 3.67. The van der Waals surface area contributed by atoms with Gasteiger partial charge in [0.15, 0.2) is 5.82 Å². The van der Waals surface area contributed by atoms with Crippen molar-refractivity contribution in [3.63, 3.8) is 0 Å². The number of aliphatic hydroxyl groups is 1. The summed E-state index contributed by atoms with van der Waals surface area (Å²) in [6.07, 6.45) is 4.81. The molecule has 1 unspecified atom stereocenters. The van der Waals surface area contributed by atoms with E-state index in [4.69, 9.17) is 0 Å². The Labute approximate surface area is 122 Å². The van der Waals surface area contributed by atoms with Gasteiger partial charge in [-0.15, -0.1) is 0 Å². The first-order chi connectivity index (χ1) is 9.58.